The Kier molecular flexibility index (Phi) is 4.96. The van der Waals surface area contributed by atoms with Crippen LogP contribution in [-0.4, -0.2) is 23.3 Å². The van der Waals surface area contributed by atoms with E-state index in [4.69, 9.17) is 0 Å². The Morgan fingerprint density at radius 1 is 1.31 bits per heavy atom. The lowest BCUT2D eigenvalue weighted by Crippen LogP contribution is -2.41. The molecular weight excluding hydrogens is 218 g/mol. The second-order valence-corrected chi connectivity index (χ2v) is 6.46. The Balaban J connectivity index is 2.36. The lowest BCUT2D eigenvalue weighted by molar-refractivity contribution is 0.162. The van der Waals surface area contributed by atoms with Crippen molar-refractivity contribution in [1.82, 2.24) is 5.32 Å². The van der Waals surface area contributed by atoms with Crippen molar-refractivity contribution in [3.8, 4) is 0 Å². The van der Waals surface area contributed by atoms with Crippen molar-refractivity contribution in [2.45, 2.75) is 52.2 Å². The summed E-state index contributed by atoms with van der Waals surface area (Å²) in [5.41, 5.74) is 0.0744. The number of aliphatic hydroxyl groups excluding tert-OH is 1. The van der Waals surface area contributed by atoms with Gasteiger partial charge in [-0.25, -0.2) is 0 Å². The molecule has 0 bridgehead atoms. The third-order valence-electron chi connectivity index (χ3n) is 2.37. The van der Waals surface area contributed by atoms with E-state index in [1.807, 2.05) is 0 Å². The minimum Gasteiger partial charge on any atom is -0.391 e. The molecule has 0 radical (unpaired) electrons. The number of nitrogens with one attached hydrogen (secondary N) is 1. The van der Waals surface area contributed by atoms with E-state index >= 15 is 0 Å². The summed E-state index contributed by atoms with van der Waals surface area (Å²) < 4.78 is 0. The van der Waals surface area contributed by atoms with Gasteiger partial charge in [0.2, 0.25) is 0 Å². The van der Waals surface area contributed by atoms with Crippen molar-refractivity contribution in [3.63, 3.8) is 0 Å². The number of β-amino-alcohol motifs (C(OH)–C–C–N with tert-alkyl or cyclic N) is 1. The van der Waals surface area contributed by atoms with E-state index in [9.17, 15) is 5.11 Å². The van der Waals surface area contributed by atoms with Crippen molar-refractivity contribution in [2.75, 3.05) is 6.54 Å². The van der Waals surface area contributed by atoms with Crippen LogP contribution >= 0.6 is 11.3 Å². The lowest BCUT2D eigenvalue weighted by atomic mass is 10.1. The molecule has 1 aromatic rings. The van der Waals surface area contributed by atoms with Gasteiger partial charge >= 0.3 is 0 Å². The molecule has 1 rings (SSSR count). The molecule has 0 aliphatic carbocycles. The second kappa shape index (κ2) is 5.80. The van der Waals surface area contributed by atoms with Crippen LogP contribution in [0.5, 0.6) is 0 Å². The Morgan fingerprint density at radius 3 is 2.44 bits per heavy atom. The van der Waals surface area contributed by atoms with Crippen molar-refractivity contribution in [1.29, 1.82) is 0 Å². The molecule has 0 aromatic carbocycles. The summed E-state index contributed by atoms with van der Waals surface area (Å²) >= 11 is 1.81. The molecule has 1 atom stereocenters. The van der Waals surface area contributed by atoms with Gasteiger partial charge in [-0.15, -0.1) is 11.3 Å². The van der Waals surface area contributed by atoms with E-state index in [-0.39, 0.29) is 11.6 Å². The van der Waals surface area contributed by atoms with Crippen LogP contribution in [0.15, 0.2) is 12.1 Å². The topological polar surface area (TPSA) is 32.3 Å². The Labute approximate surface area is 103 Å². The van der Waals surface area contributed by atoms with E-state index in [1.54, 1.807) is 11.3 Å². The van der Waals surface area contributed by atoms with Crippen LogP contribution < -0.4 is 5.32 Å². The van der Waals surface area contributed by atoms with Gasteiger partial charge in [-0.05, 0) is 39.3 Å². The van der Waals surface area contributed by atoms with Gasteiger partial charge in [0.05, 0.1) is 6.10 Å². The van der Waals surface area contributed by atoms with Crippen LogP contribution in [0.2, 0.25) is 0 Å². The largest absolute Gasteiger partial charge is 0.391 e. The fourth-order valence-corrected chi connectivity index (χ4v) is 2.48. The van der Waals surface area contributed by atoms with Gasteiger partial charge in [0, 0.05) is 28.3 Å². The maximum atomic E-state index is 9.89. The summed E-state index contributed by atoms with van der Waals surface area (Å²) in [5.74, 6) is 0. The van der Waals surface area contributed by atoms with Crippen molar-refractivity contribution >= 4 is 11.3 Å². The number of hydrogen-bond donors (Lipinski definition) is 2. The number of aliphatic hydroxyl groups is 1. The quantitative estimate of drug-likeness (QED) is 0.830. The lowest BCUT2D eigenvalue weighted by Gasteiger charge is -2.22. The summed E-state index contributed by atoms with van der Waals surface area (Å²) in [7, 11) is 0. The number of thiophene rings is 1. The molecule has 2 N–H and O–H groups in total. The summed E-state index contributed by atoms with van der Waals surface area (Å²) in [6.07, 6.45) is 1.55. The normalized spacial score (nSPS) is 14.1. The van der Waals surface area contributed by atoms with Gasteiger partial charge in [0.1, 0.15) is 0 Å². The van der Waals surface area contributed by atoms with E-state index < -0.39 is 0 Å². The second-order valence-electron chi connectivity index (χ2n) is 5.21. The van der Waals surface area contributed by atoms with Gasteiger partial charge in [-0.1, -0.05) is 6.92 Å². The first-order valence-corrected chi connectivity index (χ1v) is 6.73. The Morgan fingerprint density at radius 2 is 1.94 bits per heavy atom. The number of aryl methyl sites for hydroxylation is 1. The minimum atomic E-state index is -0.289. The molecular formula is C13H23NOS. The maximum Gasteiger partial charge on any atom is 0.0712 e. The molecule has 16 heavy (non-hydrogen) atoms. The fraction of sp³-hybridized carbons (Fsp3) is 0.692. The van der Waals surface area contributed by atoms with Crippen LogP contribution in [-0.2, 0) is 12.8 Å². The van der Waals surface area contributed by atoms with Gasteiger partial charge < -0.3 is 10.4 Å². The average Bonchev–Trinajstić information content (AvgIpc) is 2.61. The zero-order chi connectivity index (χ0) is 12.2. The molecule has 1 heterocycles. The molecule has 0 saturated heterocycles. The zero-order valence-corrected chi connectivity index (χ0v) is 11.5. The van der Waals surface area contributed by atoms with Crippen LogP contribution in [0.4, 0.5) is 0 Å². The van der Waals surface area contributed by atoms with Crippen LogP contribution in [0, 0.1) is 0 Å². The molecule has 0 amide bonds. The molecule has 1 unspecified atom stereocenters. The summed E-state index contributed by atoms with van der Waals surface area (Å²) in [6.45, 7) is 9.15. The average molecular weight is 241 g/mol. The summed E-state index contributed by atoms with van der Waals surface area (Å²) in [4.78, 5) is 2.67. The third-order valence-corrected chi connectivity index (χ3v) is 3.62. The molecule has 1 aromatic heterocycles. The van der Waals surface area contributed by atoms with Crippen molar-refractivity contribution < 1.29 is 5.11 Å². The molecule has 0 saturated carbocycles. The molecule has 0 fully saturated rings. The minimum absolute atomic E-state index is 0.0744. The van der Waals surface area contributed by atoms with Gasteiger partial charge in [0.15, 0.2) is 0 Å². The van der Waals surface area contributed by atoms with E-state index in [2.05, 4.69) is 45.1 Å². The Bertz CT molecular complexity index is 314. The molecule has 0 aliphatic rings. The van der Waals surface area contributed by atoms with Gasteiger partial charge in [-0.2, -0.15) is 0 Å². The standard InChI is InChI=1S/C13H23NOS/c1-5-11-6-7-12(16-11)8-10(15)9-14-13(2,3)4/h6-7,10,14-15H,5,8-9H2,1-4H3. The first-order chi connectivity index (χ1) is 7.40. The van der Waals surface area contributed by atoms with Crippen LogP contribution in [0.3, 0.4) is 0 Å². The molecule has 3 heteroatoms. The number of hydrogen-bond acceptors (Lipinski definition) is 3. The first-order valence-electron chi connectivity index (χ1n) is 5.91. The number of rotatable bonds is 5. The molecule has 2 nitrogen and oxygen atoms in total. The highest BCUT2D eigenvalue weighted by atomic mass is 32.1. The maximum absolute atomic E-state index is 9.89. The predicted molar refractivity (Wildman–Crippen MR) is 71.2 cm³/mol. The molecule has 0 aliphatic heterocycles. The van der Waals surface area contributed by atoms with Crippen molar-refractivity contribution in [2.24, 2.45) is 0 Å². The van der Waals surface area contributed by atoms with Crippen LogP contribution in [0.25, 0.3) is 0 Å². The van der Waals surface area contributed by atoms with E-state index in [1.165, 1.54) is 9.75 Å². The third kappa shape index (κ3) is 5.10. The highest BCUT2D eigenvalue weighted by Crippen LogP contribution is 2.18. The SMILES string of the molecule is CCc1ccc(CC(O)CNC(C)(C)C)s1. The molecule has 0 spiro atoms. The van der Waals surface area contributed by atoms with Gasteiger partial charge in [0.25, 0.3) is 0 Å². The highest BCUT2D eigenvalue weighted by Gasteiger charge is 2.13. The predicted octanol–water partition coefficient (Wildman–Crippen LogP) is 2.60. The highest BCUT2D eigenvalue weighted by molar-refractivity contribution is 7.11. The molecule has 92 valence electrons. The van der Waals surface area contributed by atoms with E-state index in [0.29, 0.717) is 6.54 Å². The smallest absolute Gasteiger partial charge is 0.0712 e. The zero-order valence-electron chi connectivity index (χ0n) is 10.7. The van der Waals surface area contributed by atoms with Crippen LogP contribution in [0.1, 0.15) is 37.4 Å². The van der Waals surface area contributed by atoms with Crippen molar-refractivity contribution in [3.05, 3.63) is 21.9 Å². The monoisotopic (exact) mass is 241 g/mol. The van der Waals surface area contributed by atoms with E-state index in [0.717, 1.165) is 12.8 Å². The first kappa shape index (κ1) is 13.7. The van der Waals surface area contributed by atoms with Gasteiger partial charge in [-0.3, -0.25) is 0 Å². The fourth-order valence-electron chi connectivity index (χ4n) is 1.45. The summed E-state index contributed by atoms with van der Waals surface area (Å²) in [6, 6.07) is 4.29. The summed E-state index contributed by atoms with van der Waals surface area (Å²) in [5, 5.41) is 13.2. The Hall–Kier alpha value is -0.380.